The lowest BCUT2D eigenvalue weighted by Gasteiger charge is -2.20. The summed E-state index contributed by atoms with van der Waals surface area (Å²) in [4.78, 5) is 0. The number of hydrogen-bond donors (Lipinski definition) is 0. The molecule has 1 rings (SSSR count). The van der Waals surface area contributed by atoms with Crippen LogP contribution in [0.25, 0.3) is 0 Å². The second-order valence-corrected chi connectivity index (χ2v) is 4.48. The summed E-state index contributed by atoms with van der Waals surface area (Å²) in [7, 11) is 0. The summed E-state index contributed by atoms with van der Waals surface area (Å²) in [6, 6.07) is 10.8. The van der Waals surface area contributed by atoms with Crippen molar-refractivity contribution in [3.05, 3.63) is 35.9 Å². The Hall–Kier alpha value is -0.780. The van der Waals surface area contributed by atoms with Gasteiger partial charge in [-0.1, -0.05) is 63.9 Å². The molecule has 0 aliphatic rings. The molecule has 0 nitrogen and oxygen atoms in total. The highest BCUT2D eigenvalue weighted by Crippen LogP contribution is 2.21. The first-order valence-corrected chi connectivity index (χ1v) is 5.78. The monoisotopic (exact) mass is 190 g/mol. The summed E-state index contributed by atoms with van der Waals surface area (Å²) in [5.41, 5.74) is 1.49. The van der Waals surface area contributed by atoms with Crippen molar-refractivity contribution in [2.75, 3.05) is 0 Å². The van der Waals surface area contributed by atoms with E-state index in [9.17, 15) is 0 Å². The highest BCUT2D eigenvalue weighted by molar-refractivity contribution is 5.15. The van der Waals surface area contributed by atoms with E-state index in [0.717, 1.165) is 11.8 Å². The molecule has 1 aromatic rings. The van der Waals surface area contributed by atoms with E-state index in [-0.39, 0.29) is 0 Å². The number of hydrogen-bond acceptors (Lipinski definition) is 0. The molecule has 0 N–H and O–H groups in total. The van der Waals surface area contributed by atoms with Gasteiger partial charge in [0.05, 0.1) is 0 Å². The maximum Gasteiger partial charge on any atom is -0.0248 e. The molecular formula is C14H22. The maximum atomic E-state index is 2.34. The van der Waals surface area contributed by atoms with Crippen LogP contribution in [0.5, 0.6) is 0 Å². The van der Waals surface area contributed by atoms with E-state index in [0.29, 0.717) is 0 Å². The van der Waals surface area contributed by atoms with Gasteiger partial charge in [0, 0.05) is 0 Å². The third-order valence-corrected chi connectivity index (χ3v) is 2.94. The standard InChI is InChI=1S/C14H22/c1-4-8-14(12(2)3)11-13-9-6-5-7-10-13/h5-7,9-10,12,14H,4,8,11H2,1-3H3/t14-/m1/s1. The molecule has 1 atom stereocenters. The minimum atomic E-state index is 0.801. The summed E-state index contributed by atoms with van der Waals surface area (Å²) in [6.07, 6.45) is 3.90. The molecular weight excluding hydrogens is 168 g/mol. The lowest BCUT2D eigenvalue weighted by atomic mass is 9.86. The van der Waals surface area contributed by atoms with Crippen LogP contribution in [0.1, 0.15) is 39.2 Å². The van der Waals surface area contributed by atoms with Gasteiger partial charge in [-0.05, 0) is 23.8 Å². The summed E-state index contributed by atoms with van der Waals surface area (Å²) in [5, 5.41) is 0. The van der Waals surface area contributed by atoms with E-state index < -0.39 is 0 Å². The summed E-state index contributed by atoms with van der Waals surface area (Å²) < 4.78 is 0. The first-order valence-electron chi connectivity index (χ1n) is 5.78. The summed E-state index contributed by atoms with van der Waals surface area (Å²) in [6.45, 7) is 6.95. The zero-order chi connectivity index (χ0) is 10.4. The quantitative estimate of drug-likeness (QED) is 0.649. The SMILES string of the molecule is CCC[C@H](Cc1ccccc1)C(C)C. The minimum absolute atomic E-state index is 0.801. The minimum Gasteiger partial charge on any atom is -0.0654 e. The van der Waals surface area contributed by atoms with Crippen molar-refractivity contribution in [1.82, 2.24) is 0 Å². The van der Waals surface area contributed by atoms with Crippen LogP contribution < -0.4 is 0 Å². The van der Waals surface area contributed by atoms with Gasteiger partial charge in [-0.15, -0.1) is 0 Å². The fourth-order valence-corrected chi connectivity index (χ4v) is 1.96. The van der Waals surface area contributed by atoms with Crippen LogP contribution in [0.15, 0.2) is 30.3 Å². The van der Waals surface area contributed by atoms with Crippen molar-refractivity contribution in [3.63, 3.8) is 0 Å². The molecule has 0 spiro atoms. The molecule has 0 amide bonds. The lowest BCUT2D eigenvalue weighted by Crippen LogP contribution is -2.11. The lowest BCUT2D eigenvalue weighted by molar-refractivity contribution is 0.354. The van der Waals surface area contributed by atoms with Crippen molar-refractivity contribution < 1.29 is 0 Å². The fourth-order valence-electron chi connectivity index (χ4n) is 1.96. The first-order chi connectivity index (χ1) is 6.74. The van der Waals surface area contributed by atoms with Crippen molar-refractivity contribution >= 4 is 0 Å². The Balaban J connectivity index is 2.55. The van der Waals surface area contributed by atoms with Gasteiger partial charge >= 0.3 is 0 Å². The third kappa shape index (κ3) is 3.53. The van der Waals surface area contributed by atoms with Crippen molar-refractivity contribution in [2.24, 2.45) is 11.8 Å². The van der Waals surface area contributed by atoms with Crippen molar-refractivity contribution in [3.8, 4) is 0 Å². The molecule has 0 bridgehead atoms. The van der Waals surface area contributed by atoms with E-state index in [2.05, 4.69) is 51.1 Å². The van der Waals surface area contributed by atoms with Crippen LogP contribution in [0.3, 0.4) is 0 Å². The predicted molar refractivity (Wildman–Crippen MR) is 63.4 cm³/mol. The van der Waals surface area contributed by atoms with Crippen molar-refractivity contribution in [2.45, 2.75) is 40.0 Å². The molecule has 1 aromatic carbocycles. The molecule has 0 aromatic heterocycles. The van der Waals surface area contributed by atoms with Crippen molar-refractivity contribution in [1.29, 1.82) is 0 Å². The molecule has 0 aliphatic heterocycles. The van der Waals surface area contributed by atoms with Crippen LogP contribution in [0.2, 0.25) is 0 Å². The van der Waals surface area contributed by atoms with E-state index in [1.165, 1.54) is 24.8 Å². The summed E-state index contributed by atoms with van der Waals surface area (Å²) in [5.74, 6) is 1.65. The highest BCUT2D eigenvalue weighted by atomic mass is 14.2. The Kier molecular flexibility index (Phi) is 4.72. The highest BCUT2D eigenvalue weighted by Gasteiger charge is 2.12. The van der Waals surface area contributed by atoms with Crippen LogP contribution >= 0.6 is 0 Å². The molecule has 78 valence electrons. The van der Waals surface area contributed by atoms with Crippen LogP contribution in [0.4, 0.5) is 0 Å². The normalized spacial score (nSPS) is 13.1. The van der Waals surface area contributed by atoms with E-state index in [1.54, 1.807) is 0 Å². The van der Waals surface area contributed by atoms with Crippen LogP contribution in [-0.4, -0.2) is 0 Å². The summed E-state index contributed by atoms with van der Waals surface area (Å²) >= 11 is 0. The van der Waals surface area contributed by atoms with Gasteiger partial charge in [0.15, 0.2) is 0 Å². The van der Waals surface area contributed by atoms with Crippen LogP contribution in [-0.2, 0) is 6.42 Å². The average Bonchev–Trinajstić information content (AvgIpc) is 2.18. The Morgan fingerprint density at radius 3 is 2.21 bits per heavy atom. The maximum absolute atomic E-state index is 2.34. The molecule has 0 aliphatic carbocycles. The van der Waals surface area contributed by atoms with Gasteiger partial charge in [0.25, 0.3) is 0 Å². The van der Waals surface area contributed by atoms with Gasteiger partial charge in [0.2, 0.25) is 0 Å². The smallest absolute Gasteiger partial charge is 0.0248 e. The third-order valence-electron chi connectivity index (χ3n) is 2.94. The molecule has 0 radical (unpaired) electrons. The Morgan fingerprint density at radius 1 is 1.07 bits per heavy atom. The number of benzene rings is 1. The fraction of sp³-hybridized carbons (Fsp3) is 0.571. The second kappa shape index (κ2) is 5.85. The second-order valence-electron chi connectivity index (χ2n) is 4.48. The van der Waals surface area contributed by atoms with E-state index in [1.807, 2.05) is 0 Å². The molecule has 0 fully saturated rings. The van der Waals surface area contributed by atoms with E-state index in [4.69, 9.17) is 0 Å². The molecule has 0 saturated carbocycles. The molecule has 0 unspecified atom stereocenters. The van der Waals surface area contributed by atoms with Gasteiger partial charge in [0.1, 0.15) is 0 Å². The molecule has 0 heteroatoms. The molecule has 0 saturated heterocycles. The number of rotatable bonds is 5. The topological polar surface area (TPSA) is 0 Å². The van der Waals surface area contributed by atoms with Gasteiger partial charge in [-0.2, -0.15) is 0 Å². The van der Waals surface area contributed by atoms with Gasteiger partial charge in [-0.3, -0.25) is 0 Å². The largest absolute Gasteiger partial charge is 0.0654 e. The van der Waals surface area contributed by atoms with Crippen LogP contribution in [0, 0.1) is 11.8 Å². The zero-order valence-corrected chi connectivity index (χ0v) is 9.66. The molecule has 0 heterocycles. The Labute approximate surface area is 88.4 Å². The Morgan fingerprint density at radius 2 is 1.71 bits per heavy atom. The first kappa shape index (κ1) is 11.3. The predicted octanol–water partition coefficient (Wildman–Crippen LogP) is 4.30. The van der Waals surface area contributed by atoms with E-state index >= 15 is 0 Å². The zero-order valence-electron chi connectivity index (χ0n) is 9.66. The average molecular weight is 190 g/mol. The van der Waals surface area contributed by atoms with Gasteiger partial charge < -0.3 is 0 Å². The Bertz CT molecular complexity index is 235. The molecule has 14 heavy (non-hydrogen) atoms. The van der Waals surface area contributed by atoms with Gasteiger partial charge in [-0.25, -0.2) is 0 Å².